The Morgan fingerprint density at radius 2 is 2.16 bits per heavy atom. The number of sulfonamides is 1. The number of anilines is 2. The number of aryl methyl sites for hydroxylation is 1. The van der Waals surface area contributed by atoms with Crippen LogP contribution in [0, 0.1) is 5.82 Å². The van der Waals surface area contributed by atoms with E-state index in [1.807, 2.05) is 0 Å². The highest BCUT2D eigenvalue weighted by Crippen LogP contribution is 2.27. The summed E-state index contributed by atoms with van der Waals surface area (Å²) in [6, 6.07) is 3.55. The zero-order valence-corrected chi connectivity index (χ0v) is 12.2. The monoisotopic (exact) mass is 348 g/mol. The normalized spacial score (nSPS) is 11.5. The lowest BCUT2D eigenvalue weighted by atomic mass is 10.3. The Bertz CT molecular complexity index is 729. The summed E-state index contributed by atoms with van der Waals surface area (Å²) in [7, 11) is -2.23. The van der Waals surface area contributed by atoms with Crippen molar-refractivity contribution < 1.29 is 12.8 Å². The molecule has 0 saturated heterocycles. The van der Waals surface area contributed by atoms with Crippen molar-refractivity contribution in [2.45, 2.75) is 4.90 Å². The number of benzene rings is 1. The van der Waals surface area contributed by atoms with Gasteiger partial charge in [-0.3, -0.25) is 9.40 Å². The van der Waals surface area contributed by atoms with Gasteiger partial charge in [-0.15, -0.1) is 0 Å². The van der Waals surface area contributed by atoms with E-state index in [2.05, 4.69) is 25.8 Å². The predicted octanol–water partition coefficient (Wildman–Crippen LogP) is 1.70. The molecule has 0 unspecified atom stereocenters. The van der Waals surface area contributed by atoms with Gasteiger partial charge in [-0.25, -0.2) is 12.8 Å². The Morgan fingerprint density at radius 3 is 2.74 bits per heavy atom. The molecule has 1 heterocycles. The second-order valence-corrected chi connectivity index (χ2v) is 6.29. The first kappa shape index (κ1) is 13.8. The summed E-state index contributed by atoms with van der Waals surface area (Å²) < 4.78 is 41.3. The molecule has 0 fully saturated rings. The summed E-state index contributed by atoms with van der Waals surface area (Å²) in [6.45, 7) is 0. The summed E-state index contributed by atoms with van der Waals surface area (Å²) >= 11 is 3.00. The lowest BCUT2D eigenvalue weighted by Crippen LogP contribution is -2.15. The number of nitrogen functional groups attached to an aromatic ring is 1. The molecular weight excluding hydrogens is 339 g/mol. The molecule has 0 atom stereocenters. The third-order valence-electron chi connectivity index (χ3n) is 2.29. The Morgan fingerprint density at radius 1 is 1.47 bits per heavy atom. The van der Waals surface area contributed by atoms with Crippen molar-refractivity contribution in [2.24, 2.45) is 7.05 Å². The fourth-order valence-corrected chi connectivity index (χ4v) is 3.46. The van der Waals surface area contributed by atoms with Crippen molar-refractivity contribution in [3.05, 3.63) is 34.7 Å². The van der Waals surface area contributed by atoms with Crippen LogP contribution in [-0.2, 0) is 17.1 Å². The minimum absolute atomic E-state index is 0.0858. The van der Waals surface area contributed by atoms with Crippen LogP contribution in [0.3, 0.4) is 0 Å². The Balaban J connectivity index is 2.42. The molecule has 0 spiro atoms. The summed E-state index contributed by atoms with van der Waals surface area (Å²) in [5, 5.41) is 3.90. The molecule has 6 nitrogen and oxygen atoms in total. The van der Waals surface area contributed by atoms with Crippen LogP contribution in [-0.4, -0.2) is 18.2 Å². The Labute approximate surface area is 117 Å². The van der Waals surface area contributed by atoms with Crippen LogP contribution in [0.2, 0.25) is 0 Å². The number of hydrogen-bond acceptors (Lipinski definition) is 4. The molecule has 0 bridgehead atoms. The van der Waals surface area contributed by atoms with Gasteiger partial charge in [-0.2, -0.15) is 5.10 Å². The van der Waals surface area contributed by atoms with Gasteiger partial charge in [0.15, 0.2) is 5.82 Å². The van der Waals surface area contributed by atoms with E-state index < -0.39 is 15.8 Å². The van der Waals surface area contributed by atoms with Crippen molar-refractivity contribution >= 4 is 37.5 Å². The SMILES string of the molecule is Cn1ccc(NS(=O)(=O)c2cc(N)c(F)cc2Br)n1. The number of rotatable bonds is 3. The first-order valence-electron chi connectivity index (χ1n) is 5.06. The van der Waals surface area contributed by atoms with E-state index in [4.69, 9.17) is 5.73 Å². The first-order valence-corrected chi connectivity index (χ1v) is 7.34. The molecule has 2 rings (SSSR count). The predicted molar refractivity (Wildman–Crippen MR) is 72.5 cm³/mol. The van der Waals surface area contributed by atoms with Gasteiger partial charge in [0.05, 0.1) is 5.69 Å². The molecule has 3 N–H and O–H groups in total. The number of hydrogen-bond donors (Lipinski definition) is 2. The number of halogens is 2. The van der Waals surface area contributed by atoms with Gasteiger partial charge < -0.3 is 5.73 Å². The van der Waals surface area contributed by atoms with Crippen LogP contribution in [0.1, 0.15) is 0 Å². The average molecular weight is 349 g/mol. The van der Waals surface area contributed by atoms with Crippen LogP contribution in [0.25, 0.3) is 0 Å². The third kappa shape index (κ3) is 2.87. The fraction of sp³-hybridized carbons (Fsp3) is 0.100. The number of nitrogens with zero attached hydrogens (tertiary/aromatic N) is 2. The molecule has 0 amide bonds. The zero-order valence-electron chi connectivity index (χ0n) is 9.76. The Hall–Kier alpha value is -1.61. The van der Waals surface area contributed by atoms with Crippen LogP contribution in [0.15, 0.2) is 33.8 Å². The highest BCUT2D eigenvalue weighted by molar-refractivity contribution is 9.10. The summed E-state index contributed by atoms with van der Waals surface area (Å²) in [5.74, 6) is -0.527. The van der Waals surface area contributed by atoms with Crippen molar-refractivity contribution in [3.63, 3.8) is 0 Å². The standard InChI is InChI=1S/C10H10BrFN4O2S/c1-16-3-2-10(14-16)15-19(17,18)9-5-8(13)7(12)4-6(9)11/h2-5H,13H2,1H3,(H,14,15). The molecule has 0 aliphatic heterocycles. The highest BCUT2D eigenvalue weighted by Gasteiger charge is 2.20. The molecule has 102 valence electrons. The maximum atomic E-state index is 13.2. The van der Waals surface area contributed by atoms with Gasteiger partial charge >= 0.3 is 0 Å². The largest absolute Gasteiger partial charge is 0.396 e. The van der Waals surface area contributed by atoms with Gasteiger partial charge in [0.25, 0.3) is 10.0 Å². The quantitative estimate of drug-likeness (QED) is 0.826. The zero-order chi connectivity index (χ0) is 14.2. The molecule has 9 heteroatoms. The molecule has 0 aliphatic rings. The van der Waals surface area contributed by atoms with E-state index in [0.717, 1.165) is 12.1 Å². The van der Waals surface area contributed by atoms with E-state index >= 15 is 0 Å². The van der Waals surface area contributed by atoms with Gasteiger partial charge in [-0.05, 0) is 28.1 Å². The molecule has 1 aromatic carbocycles. The number of nitrogens with one attached hydrogen (secondary N) is 1. The lowest BCUT2D eigenvalue weighted by molar-refractivity contribution is 0.599. The fourth-order valence-electron chi connectivity index (χ4n) is 1.41. The maximum Gasteiger partial charge on any atom is 0.264 e. The van der Waals surface area contributed by atoms with Gasteiger partial charge in [0.2, 0.25) is 0 Å². The Kier molecular flexibility index (Phi) is 3.50. The van der Waals surface area contributed by atoms with Crippen molar-refractivity contribution in [1.82, 2.24) is 9.78 Å². The molecule has 19 heavy (non-hydrogen) atoms. The van der Waals surface area contributed by atoms with E-state index in [1.165, 1.54) is 10.7 Å². The van der Waals surface area contributed by atoms with Crippen molar-refractivity contribution in [2.75, 3.05) is 10.5 Å². The first-order chi connectivity index (χ1) is 8.79. The van der Waals surface area contributed by atoms with E-state index in [-0.39, 0.29) is 20.9 Å². The van der Waals surface area contributed by atoms with Gasteiger partial charge in [0, 0.05) is 23.8 Å². The second-order valence-electron chi connectivity index (χ2n) is 3.78. The van der Waals surface area contributed by atoms with E-state index in [0.29, 0.717) is 0 Å². The minimum atomic E-state index is -3.89. The topological polar surface area (TPSA) is 90.0 Å². The smallest absolute Gasteiger partial charge is 0.264 e. The second kappa shape index (κ2) is 4.82. The van der Waals surface area contributed by atoms with Crippen LogP contribution >= 0.6 is 15.9 Å². The maximum absolute atomic E-state index is 13.2. The third-order valence-corrected chi connectivity index (χ3v) is 4.61. The van der Waals surface area contributed by atoms with E-state index in [9.17, 15) is 12.8 Å². The van der Waals surface area contributed by atoms with E-state index in [1.54, 1.807) is 13.2 Å². The van der Waals surface area contributed by atoms with Crippen LogP contribution in [0.4, 0.5) is 15.9 Å². The summed E-state index contributed by atoms with van der Waals surface area (Å²) in [5.41, 5.74) is 5.13. The molecule has 2 aromatic rings. The van der Waals surface area contributed by atoms with Crippen LogP contribution < -0.4 is 10.5 Å². The average Bonchev–Trinajstić information content (AvgIpc) is 2.68. The molecule has 0 saturated carbocycles. The minimum Gasteiger partial charge on any atom is -0.396 e. The van der Waals surface area contributed by atoms with Gasteiger partial charge in [0.1, 0.15) is 10.7 Å². The highest BCUT2D eigenvalue weighted by atomic mass is 79.9. The van der Waals surface area contributed by atoms with Crippen molar-refractivity contribution in [1.29, 1.82) is 0 Å². The number of nitrogens with two attached hydrogens (primary N) is 1. The number of aromatic nitrogens is 2. The summed E-state index contributed by atoms with van der Waals surface area (Å²) in [4.78, 5) is -0.156. The molecular formula is C10H10BrFN4O2S. The van der Waals surface area contributed by atoms with Crippen LogP contribution in [0.5, 0.6) is 0 Å². The molecule has 0 aliphatic carbocycles. The van der Waals surface area contributed by atoms with Crippen molar-refractivity contribution in [3.8, 4) is 0 Å². The lowest BCUT2D eigenvalue weighted by Gasteiger charge is -2.09. The molecule has 1 aromatic heterocycles. The molecule has 0 radical (unpaired) electrons. The summed E-state index contributed by atoms with van der Waals surface area (Å²) in [6.07, 6.45) is 1.59. The van der Waals surface area contributed by atoms with Gasteiger partial charge in [-0.1, -0.05) is 0 Å².